The molecule has 204 valence electrons. The maximum atomic E-state index is 14.2. The summed E-state index contributed by atoms with van der Waals surface area (Å²) in [5.74, 6) is -1.70. The molecule has 3 fully saturated rings. The first kappa shape index (κ1) is 26.1. The standard InChI is InChI=1S/C30H32BrN3O5/c1-38-22-10-6-5-7-18(22)17-34-26(28(36)33-20-8-3-2-4-9-20)30-16-15-23(39-30)24(25(30)29(34)37)27(35)32-21-13-11-19(31)12-14-21/h5-7,10-16,20,23-26H,2-4,8-9,17H2,1H3,(H,32,35)(H,33,36)/t23-,24-,25-,26-,30-/m0/s1. The zero-order chi connectivity index (χ0) is 27.1. The van der Waals surface area contributed by atoms with E-state index < -0.39 is 29.6 Å². The van der Waals surface area contributed by atoms with Gasteiger partial charge in [0.05, 0.1) is 31.6 Å². The summed E-state index contributed by atoms with van der Waals surface area (Å²) in [6.45, 7) is 0.173. The lowest BCUT2D eigenvalue weighted by molar-refractivity contribution is -0.142. The van der Waals surface area contributed by atoms with Crippen molar-refractivity contribution in [1.29, 1.82) is 0 Å². The summed E-state index contributed by atoms with van der Waals surface area (Å²) < 4.78 is 12.9. The van der Waals surface area contributed by atoms with Crippen molar-refractivity contribution in [3.8, 4) is 5.75 Å². The monoisotopic (exact) mass is 593 g/mol. The molecule has 2 aromatic rings. The van der Waals surface area contributed by atoms with Gasteiger partial charge in [0.15, 0.2) is 0 Å². The molecular formula is C30H32BrN3O5. The molecule has 0 radical (unpaired) electrons. The van der Waals surface area contributed by atoms with Gasteiger partial charge >= 0.3 is 0 Å². The van der Waals surface area contributed by atoms with E-state index in [2.05, 4.69) is 26.6 Å². The summed E-state index contributed by atoms with van der Waals surface area (Å²) in [5, 5.41) is 6.18. The molecule has 3 heterocycles. The van der Waals surface area contributed by atoms with Gasteiger partial charge in [-0.3, -0.25) is 14.4 Å². The molecule has 4 aliphatic rings. The predicted molar refractivity (Wildman–Crippen MR) is 149 cm³/mol. The lowest BCUT2D eigenvalue weighted by Crippen LogP contribution is -2.56. The molecule has 6 rings (SSSR count). The van der Waals surface area contributed by atoms with Crippen LogP contribution in [0, 0.1) is 11.8 Å². The van der Waals surface area contributed by atoms with Crippen LogP contribution in [0.3, 0.4) is 0 Å². The minimum atomic E-state index is -1.20. The van der Waals surface area contributed by atoms with E-state index in [4.69, 9.17) is 9.47 Å². The van der Waals surface area contributed by atoms with Crippen molar-refractivity contribution in [2.45, 2.75) is 62.4 Å². The van der Waals surface area contributed by atoms with E-state index in [9.17, 15) is 14.4 Å². The Kier molecular flexibility index (Phi) is 6.97. The summed E-state index contributed by atoms with van der Waals surface area (Å²) in [6, 6.07) is 13.9. The van der Waals surface area contributed by atoms with Gasteiger partial charge in [-0.25, -0.2) is 0 Å². The molecule has 3 aliphatic heterocycles. The minimum absolute atomic E-state index is 0.0731. The number of methoxy groups -OCH3 is 1. The lowest BCUT2D eigenvalue weighted by atomic mass is 9.74. The largest absolute Gasteiger partial charge is 0.496 e. The number of hydrogen-bond acceptors (Lipinski definition) is 5. The van der Waals surface area contributed by atoms with E-state index in [0.717, 1.165) is 35.7 Å². The Hall–Kier alpha value is -3.17. The van der Waals surface area contributed by atoms with Crippen LogP contribution in [0.1, 0.15) is 37.7 Å². The van der Waals surface area contributed by atoms with Gasteiger partial charge in [0.25, 0.3) is 0 Å². The maximum Gasteiger partial charge on any atom is 0.246 e. The zero-order valence-electron chi connectivity index (χ0n) is 21.8. The van der Waals surface area contributed by atoms with E-state index in [1.807, 2.05) is 48.6 Å². The van der Waals surface area contributed by atoms with Crippen molar-refractivity contribution in [1.82, 2.24) is 10.2 Å². The number of nitrogens with one attached hydrogen (secondary N) is 2. The number of carbonyl (C=O) groups excluding carboxylic acids is 3. The third-order valence-corrected chi connectivity index (χ3v) is 9.05. The van der Waals surface area contributed by atoms with Crippen LogP contribution in [-0.2, 0) is 25.7 Å². The van der Waals surface area contributed by atoms with Crippen molar-refractivity contribution >= 4 is 39.3 Å². The average molecular weight is 595 g/mol. The molecule has 2 bridgehead atoms. The van der Waals surface area contributed by atoms with Crippen molar-refractivity contribution in [2.75, 3.05) is 12.4 Å². The van der Waals surface area contributed by atoms with Gasteiger partial charge in [-0.05, 0) is 43.2 Å². The molecule has 1 aliphatic carbocycles. The Balaban J connectivity index is 1.34. The highest BCUT2D eigenvalue weighted by Crippen LogP contribution is 2.55. The van der Waals surface area contributed by atoms with E-state index in [1.165, 1.54) is 6.42 Å². The third kappa shape index (κ3) is 4.55. The quantitative estimate of drug-likeness (QED) is 0.469. The Morgan fingerprint density at radius 3 is 2.56 bits per heavy atom. The van der Waals surface area contributed by atoms with Crippen LogP contribution in [0.5, 0.6) is 5.75 Å². The summed E-state index contributed by atoms with van der Waals surface area (Å²) in [6.07, 6.45) is 8.27. The summed E-state index contributed by atoms with van der Waals surface area (Å²) in [5.41, 5.74) is 0.214. The molecule has 2 saturated heterocycles. The molecule has 2 aromatic carbocycles. The molecule has 5 atom stereocenters. The van der Waals surface area contributed by atoms with E-state index in [-0.39, 0.29) is 30.3 Å². The number of para-hydroxylation sites is 1. The zero-order valence-corrected chi connectivity index (χ0v) is 23.4. The van der Waals surface area contributed by atoms with Gasteiger partial charge in [0.2, 0.25) is 17.7 Å². The van der Waals surface area contributed by atoms with Crippen LogP contribution in [0.2, 0.25) is 0 Å². The van der Waals surface area contributed by atoms with Crippen LogP contribution in [0.15, 0.2) is 65.2 Å². The third-order valence-electron chi connectivity index (χ3n) is 8.52. The summed E-state index contributed by atoms with van der Waals surface area (Å²) >= 11 is 3.41. The molecule has 1 spiro atoms. The topological polar surface area (TPSA) is 97.0 Å². The molecule has 2 N–H and O–H groups in total. The van der Waals surface area contributed by atoms with E-state index in [0.29, 0.717) is 11.4 Å². The van der Waals surface area contributed by atoms with Gasteiger partial charge in [-0.2, -0.15) is 0 Å². The molecule has 39 heavy (non-hydrogen) atoms. The van der Waals surface area contributed by atoms with Crippen LogP contribution in [-0.4, -0.2) is 53.5 Å². The van der Waals surface area contributed by atoms with Crippen LogP contribution < -0.4 is 15.4 Å². The summed E-state index contributed by atoms with van der Waals surface area (Å²) in [7, 11) is 1.58. The van der Waals surface area contributed by atoms with E-state index in [1.54, 1.807) is 24.1 Å². The van der Waals surface area contributed by atoms with Crippen molar-refractivity contribution in [2.24, 2.45) is 11.8 Å². The lowest BCUT2D eigenvalue weighted by Gasteiger charge is -2.34. The normalized spacial score (nSPS) is 29.4. The molecule has 9 heteroatoms. The molecule has 0 aromatic heterocycles. The number of likely N-dealkylation sites (tertiary alicyclic amines) is 1. The average Bonchev–Trinajstić information content (AvgIpc) is 3.58. The van der Waals surface area contributed by atoms with Crippen molar-refractivity contribution in [3.63, 3.8) is 0 Å². The van der Waals surface area contributed by atoms with Gasteiger partial charge in [0.1, 0.15) is 17.4 Å². The SMILES string of the molecule is COc1ccccc1CN1C(=O)[C@@H]2[C@@H](C(=O)Nc3ccc(Br)cc3)[C@@H]3C=C[C@@]2(O3)[C@@H]1C(=O)NC1CCCCC1. The van der Waals surface area contributed by atoms with Crippen LogP contribution in [0.4, 0.5) is 5.69 Å². The second kappa shape index (κ2) is 10.4. The van der Waals surface area contributed by atoms with Gasteiger partial charge in [-0.15, -0.1) is 0 Å². The highest BCUT2D eigenvalue weighted by atomic mass is 79.9. The van der Waals surface area contributed by atoms with Gasteiger partial charge in [0, 0.05) is 21.8 Å². The maximum absolute atomic E-state index is 14.2. The van der Waals surface area contributed by atoms with Crippen molar-refractivity contribution in [3.05, 3.63) is 70.7 Å². The number of halogens is 1. The molecular weight excluding hydrogens is 562 g/mol. The highest BCUT2D eigenvalue weighted by molar-refractivity contribution is 9.10. The number of nitrogens with zero attached hydrogens (tertiary/aromatic N) is 1. The number of hydrogen-bond donors (Lipinski definition) is 2. The highest BCUT2D eigenvalue weighted by Gasteiger charge is 2.72. The fraction of sp³-hybridized carbons (Fsp3) is 0.433. The second-order valence-corrected chi connectivity index (χ2v) is 11.7. The Labute approximate surface area is 236 Å². The van der Waals surface area contributed by atoms with E-state index >= 15 is 0 Å². The Morgan fingerprint density at radius 1 is 1.08 bits per heavy atom. The first-order valence-electron chi connectivity index (χ1n) is 13.6. The van der Waals surface area contributed by atoms with Gasteiger partial charge in [-0.1, -0.05) is 65.5 Å². The first-order chi connectivity index (χ1) is 18.9. The number of carbonyl (C=O) groups is 3. The van der Waals surface area contributed by atoms with Gasteiger partial charge < -0.3 is 25.0 Å². The van der Waals surface area contributed by atoms with Crippen molar-refractivity contribution < 1.29 is 23.9 Å². The molecule has 8 nitrogen and oxygen atoms in total. The first-order valence-corrected chi connectivity index (χ1v) is 14.4. The smallest absolute Gasteiger partial charge is 0.246 e. The fourth-order valence-electron chi connectivity index (χ4n) is 6.74. The molecule has 3 amide bonds. The Bertz CT molecular complexity index is 1310. The minimum Gasteiger partial charge on any atom is -0.496 e. The predicted octanol–water partition coefficient (Wildman–Crippen LogP) is 4.20. The number of ether oxygens (including phenoxy) is 2. The number of fused-ring (bicyclic) bond motifs is 1. The van der Waals surface area contributed by atoms with Crippen LogP contribution >= 0.6 is 15.9 Å². The second-order valence-electron chi connectivity index (χ2n) is 10.8. The molecule has 0 unspecified atom stereocenters. The Morgan fingerprint density at radius 2 is 1.82 bits per heavy atom. The summed E-state index contributed by atoms with van der Waals surface area (Å²) in [4.78, 5) is 43.4. The fourth-order valence-corrected chi connectivity index (χ4v) is 7.01. The molecule has 1 saturated carbocycles. The number of anilines is 1. The number of rotatable bonds is 7. The van der Waals surface area contributed by atoms with Crippen LogP contribution in [0.25, 0.3) is 0 Å². The number of amides is 3. The number of benzene rings is 2.